The van der Waals surface area contributed by atoms with Crippen LogP contribution in [0.15, 0.2) is 0 Å². The van der Waals surface area contributed by atoms with Crippen LogP contribution in [0.1, 0.15) is 47.5 Å². The molecule has 0 bridgehead atoms. The summed E-state index contributed by atoms with van der Waals surface area (Å²) in [5, 5.41) is 6.42. The van der Waals surface area contributed by atoms with Crippen LogP contribution in [0.4, 0.5) is 0 Å². The first-order valence-electron chi connectivity index (χ1n) is 6.72. The summed E-state index contributed by atoms with van der Waals surface area (Å²) in [7, 11) is 0. The van der Waals surface area contributed by atoms with E-state index in [1.54, 1.807) is 0 Å². The molecule has 0 atom stereocenters. The van der Waals surface area contributed by atoms with Crippen molar-refractivity contribution < 1.29 is 4.79 Å². The first kappa shape index (κ1) is 14.5. The third-order valence-corrected chi connectivity index (χ3v) is 4.44. The molecule has 0 aromatic heterocycles. The minimum atomic E-state index is 0.121. The first-order valence-corrected chi connectivity index (χ1v) is 6.72. The van der Waals surface area contributed by atoms with E-state index in [0.717, 1.165) is 32.5 Å². The van der Waals surface area contributed by atoms with Crippen LogP contribution >= 0.6 is 0 Å². The van der Waals surface area contributed by atoms with Crippen molar-refractivity contribution in [3.63, 3.8) is 0 Å². The second kappa shape index (κ2) is 5.38. The number of hydrogen-bond donors (Lipinski definition) is 2. The Labute approximate surface area is 106 Å². The highest BCUT2D eigenvalue weighted by molar-refractivity contribution is 5.78. The molecular weight excluding hydrogens is 212 g/mol. The van der Waals surface area contributed by atoms with Crippen molar-refractivity contribution in [2.24, 2.45) is 16.7 Å². The van der Waals surface area contributed by atoms with Gasteiger partial charge in [0.05, 0.1) is 0 Å². The number of carbonyl (C=O) groups excluding carboxylic acids is 1. The van der Waals surface area contributed by atoms with Crippen LogP contribution in [-0.4, -0.2) is 25.5 Å². The zero-order valence-corrected chi connectivity index (χ0v) is 12.0. The lowest BCUT2D eigenvalue weighted by Gasteiger charge is -2.39. The van der Waals surface area contributed by atoms with Gasteiger partial charge in [-0.05, 0) is 36.8 Å². The number of hydrogen-bond acceptors (Lipinski definition) is 2. The molecule has 1 fully saturated rings. The van der Waals surface area contributed by atoms with Crippen LogP contribution < -0.4 is 10.6 Å². The average Bonchev–Trinajstić information content (AvgIpc) is 2.25. The molecule has 3 nitrogen and oxygen atoms in total. The van der Waals surface area contributed by atoms with Crippen LogP contribution in [-0.2, 0) is 4.79 Å². The van der Waals surface area contributed by atoms with Gasteiger partial charge in [0, 0.05) is 12.5 Å². The molecule has 1 aliphatic rings. The molecule has 0 aromatic carbocycles. The van der Waals surface area contributed by atoms with E-state index in [2.05, 4.69) is 45.3 Å². The van der Waals surface area contributed by atoms with E-state index < -0.39 is 0 Å². The summed E-state index contributed by atoms with van der Waals surface area (Å²) in [5.74, 6) is 0.454. The summed E-state index contributed by atoms with van der Waals surface area (Å²) in [6, 6.07) is 0. The zero-order valence-electron chi connectivity index (χ0n) is 12.0. The lowest BCUT2D eigenvalue weighted by Crippen LogP contribution is -2.45. The Balaban J connectivity index is 2.42. The van der Waals surface area contributed by atoms with Crippen LogP contribution in [0.25, 0.3) is 0 Å². The van der Waals surface area contributed by atoms with Gasteiger partial charge < -0.3 is 10.6 Å². The van der Waals surface area contributed by atoms with E-state index in [4.69, 9.17) is 0 Å². The molecule has 1 aliphatic heterocycles. The van der Waals surface area contributed by atoms with Crippen LogP contribution in [0.2, 0.25) is 0 Å². The minimum absolute atomic E-state index is 0.121. The highest BCUT2D eigenvalue weighted by atomic mass is 16.1. The molecule has 1 heterocycles. The van der Waals surface area contributed by atoms with Crippen molar-refractivity contribution in [2.75, 3.05) is 19.6 Å². The average molecular weight is 240 g/mol. The molecular formula is C14H28N2O. The van der Waals surface area contributed by atoms with Gasteiger partial charge in [0.15, 0.2) is 0 Å². The number of amides is 1. The predicted octanol–water partition coefficient (Wildman–Crippen LogP) is 2.17. The third kappa shape index (κ3) is 3.98. The van der Waals surface area contributed by atoms with E-state index in [9.17, 15) is 4.79 Å². The number of carbonyl (C=O) groups is 1. The zero-order chi connectivity index (χ0) is 13.1. The molecule has 1 amide bonds. The molecule has 0 spiro atoms. The van der Waals surface area contributed by atoms with Gasteiger partial charge in [0.1, 0.15) is 0 Å². The molecule has 1 saturated heterocycles. The molecule has 0 aromatic rings. The maximum Gasteiger partial charge on any atom is 0.223 e. The van der Waals surface area contributed by atoms with E-state index in [-0.39, 0.29) is 22.7 Å². The minimum Gasteiger partial charge on any atom is -0.355 e. The van der Waals surface area contributed by atoms with Gasteiger partial charge in [-0.15, -0.1) is 0 Å². The Morgan fingerprint density at radius 3 is 2.18 bits per heavy atom. The van der Waals surface area contributed by atoms with E-state index in [1.165, 1.54) is 0 Å². The third-order valence-electron chi connectivity index (χ3n) is 4.44. The van der Waals surface area contributed by atoms with Gasteiger partial charge in [-0.2, -0.15) is 0 Å². The second-order valence-electron chi connectivity index (χ2n) is 6.88. The van der Waals surface area contributed by atoms with Crippen molar-refractivity contribution in [2.45, 2.75) is 47.5 Å². The summed E-state index contributed by atoms with van der Waals surface area (Å²) in [6.45, 7) is 13.8. The summed E-state index contributed by atoms with van der Waals surface area (Å²) < 4.78 is 0. The standard InChI is InChI=1S/C14H28N2O/c1-13(2,3)14(4,5)10-16-12(17)11-6-8-15-9-7-11/h11,15H,6-10H2,1-5H3,(H,16,17). The first-order chi connectivity index (χ1) is 7.74. The Hall–Kier alpha value is -0.570. The van der Waals surface area contributed by atoms with Crippen LogP contribution in [0, 0.1) is 16.7 Å². The van der Waals surface area contributed by atoms with Crippen molar-refractivity contribution in [1.82, 2.24) is 10.6 Å². The lowest BCUT2D eigenvalue weighted by atomic mass is 9.69. The Kier molecular flexibility index (Phi) is 4.59. The van der Waals surface area contributed by atoms with Crippen molar-refractivity contribution in [3.8, 4) is 0 Å². The van der Waals surface area contributed by atoms with Crippen molar-refractivity contribution >= 4 is 5.91 Å². The highest BCUT2D eigenvalue weighted by Crippen LogP contribution is 2.37. The Morgan fingerprint density at radius 2 is 1.71 bits per heavy atom. The molecule has 0 unspecified atom stereocenters. The van der Waals surface area contributed by atoms with E-state index >= 15 is 0 Å². The molecule has 100 valence electrons. The molecule has 0 saturated carbocycles. The van der Waals surface area contributed by atoms with Gasteiger partial charge in [0.2, 0.25) is 5.91 Å². The van der Waals surface area contributed by atoms with Crippen LogP contribution in [0.3, 0.4) is 0 Å². The van der Waals surface area contributed by atoms with E-state index in [1.807, 2.05) is 0 Å². The summed E-state index contributed by atoms with van der Waals surface area (Å²) >= 11 is 0. The molecule has 0 aliphatic carbocycles. The lowest BCUT2D eigenvalue weighted by molar-refractivity contribution is -0.126. The SMILES string of the molecule is CC(C)(C)C(C)(C)CNC(=O)C1CCNCC1. The monoisotopic (exact) mass is 240 g/mol. The van der Waals surface area contributed by atoms with Gasteiger partial charge >= 0.3 is 0 Å². The molecule has 2 N–H and O–H groups in total. The van der Waals surface area contributed by atoms with Gasteiger partial charge in [0.25, 0.3) is 0 Å². The maximum atomic E-state index is 12.0. The van der Waals surface area contributed by atoms with Gasteiger partial charge in [-0.25, -0.2) is 0 Å². The van der Waals surface area contributed by atoms with E-state index in [0.29, 0.717) is 0 Å². The van der Waals surface area contributed by atoms with Crippen LogP contribution in [0.5, 0.6) is 0 Å². The fourth-order valence-electron chi connectivity index (χ4n) is 1.80. The Bertz CT molecular complexity index is 260. The number of rotatable bonds is 3. The fourth-order valence-corrected chi connectivity index (χ4v) is 1.80. The molecule has 1 rings (SSSR count). The Morgan fingerprint density at radius 1 is 1.18 bits per heavy atom. The second-order valence-corrected chi connectivity index (χ2v) is 6.88. The topological polar surface area (TPSA) is 41.1 Å². The summed E-state index contributed by atoms with van der Waals surface area (Å²) in [4.78, 5) is 12.0. The normalized spacial score (nSPS) is 19.1. The largest absolute Gasteiger partial charge is 0.355 e. The van der Waals surface area contributed by atoms with Crippen molar-refractivity contribution in [1.29, 1.82) is 0 Å². The highest BCUT2D eigenvalue weighted by Gasteiger charge is 2.33. The fraction of sp³-hybridized carbons (Fsp3) is 0.929. The molecule has 0 radical (unpaired) electrons. The summed E-state index contributed by atoms with van der Waals surface area (Å²) in [5.41, 5.74) is 0.323. The predicted molar refractivity (Wildman–Crippen MR) is 71.8 cm³/mol. The molecule has 3 heteroatoms. The smallest absolute Gasteiger partial charge is 0.223 e. The van der Waals surface area contributed by atoms with Gasteiger partial charge in [-0.3, -0.25) is 4.79 Å². The van der Waals surface area contributed by atoms with Crippen molar-refractivity contribution in [3.05, 3.63) is 0 Å². The maximum absolute atomic E-state index is 12.0. The van der Waals surface area contributed by atoms with Gasteiger partial charge in [-0.1, -0.05) is 34.6 Å². The summed E-state index contributed by atoms with van der Waals surface area (Å²) in [6.07, 6.45) is 1.95. The number of nitrogens with one attached hydrogen (secondary N) is 2. The quantitative estimate of drug-likeness (QED) is 0.794. The number of piperidine rings is 1. The molecule has 17 heavy (non-hydrogen) atoms.